The molecule has 2 aromatic carbocycles. The number of anilines is 1. The van der Waals surface area contributed by atoms with Gasteiger partial charge in [-0.1, -0.05) is 18.2 Å². The van der Waals surface area contributed by atoms with Crippen molar-refractivity contribution in [3.63, 3.8) is 0 Å². The fourth-order valence-corrected chi connectivity index (χ4v) is 3.60. The van der Waals surface area contributed by atoms with Crippen molar-refractivity contribution < 1.29 is 9.47 Å². The monoisotopic (exact) mass is 287 g/mol. The SMILES string of the molecule is COc1ccc(OCC2CSc3ccccc32)cc1N. The van der Waals surface area contributed by atoms with Gasteiger partial charge in [0.25, 0.3) is 0 Å². The van der Waals surface area contributed by atoms with E-state index < -0.39 is 0 Å². The minimum absolute atomic E-state index is 0.444. The Hall–Kier alpha value is -1.81. The standard InChI is InChI=1S/C16H17NO2S/c1-18-15-7-6-12(8-14(15)17)19-9-11-10-20-16-5-3-2-4-13(11)16/h2-8,11H,9-10,17H2,1H3. The van der Waals surface area contributed by atoms with E-state index >= 15 is 0 Å². The predicted molar refractivity (Wildman–Crippen MR) is 82.8 cm³/mol. The van der Waals surface area contributed by atoms with Crippen molar-refractivity contribution >= 4 is 17.4 Å². The normalized spacial score (nSPS) is 16.8. The molecule has 1 atom stereocenters. The summed E-state index contributed by atoms with van der Waals surface area (Å²) in [5.74, 6) is 2.99. The van der Waals surface area contributed by atoms with Gasteiger partial charge in [-0.15, -0.1) is 11.8 Å². The zero-order valence-corrected chi connectivity index (χ0v) is 12.2. The third-order valence-electron chi connectivity index (χ3n) is 3.45. The van der Waals surface area contributed by atoms with Crippen LogP contribution < -0.4 is 15.2 Å². The number of hydrogen-bond acceptors (Lipinski definition) is 4. The van der Waals surface area contributed by atoms with Crippen LogP contribution in [0.4, 0.5) is 5.69 Å². The number of nitrogens with two attached hydrogens (primary N) is 1. The molecule has 0 aliphatic carbocycles. The van der Waals surface area contributed by atoms with Crippen molar-refractivity contribution in [1.29, 1.82) is 0 Å². The maximum absolute atomic E-state index is 5.88. The van der Waals surface area contributed by atoms with Crippen molar-refractivity contribution in [3.05, 3.63) is 48.0 Å². The Balaban J connectivity index is 1.67. The molecule has 1 aliphatic heterocycles. The Bertz CT molecular complexity index is 615. The molecule has 3 rings (SSSR count). The van der Waals surface area contributed by atoms with Crippen molar-refractivity contribution in [1.82, 2.24) is 0 Å². The number of thioether (sulfide) groups is 1. The van der Waals surface area contributed by atoms with Crippen LogP contribution in [0.1, 0.15) is 11.5 Å². The molecule has 20 heavy (non-hydrogen) atoms. The van der Waals surface area contributed by atoms with E-state index in [-0.39, 0.29) is 0 Å². The van der Waals surface area contributed by atoms with Gasteiger partial charge in [-0.2, -0.15) is 0 Å². The Morgan fingerprint density at radius 3 is 2.90 bits per heavy atom. The Morgan fingerprint density at radius 2 is 2.10 bits per heavy atom. The molecule has 4 heteroatoms. The number of fused-ring (bicyclic) bond motifs is 1. The van der Waals surface area contributed by atoms with E-state index in [4.69, 9.17) is 15.2 Å². The summed E-state index contributed by atoms with van der Waals surface area (Å²) in [5.41, 5.74) is 7.87. The molecule has 3 nitrogen and oxygen atoms in total. The van der Waals surface area contributed by atoms with Crippen molar-refractivity contribution in [2.24, 2.45) is 0 Å². The zero-order chi connectivity index (χ0) is 13.9. The molecule has 0 saturated carbocycles. The number of methoxy groups -OCH3 is 1. The van der Waals surface area contributed by atoms with E-state index in [1.165, 1.54) is 10.5 Å². The fourth-order valence-electron chi connectivity index (χ4n) is 2.37. The van der Waals surface area contributed by atoms with E-state index in [1.807, 2.05) is 30.0 Å². The maximum Gasteiger partial charge on any atom is 0.142 e. The molecule has 0 bridgehead atoms. The summed E-state index contributed by atoms with van der Waals surface area (Å²) >= 11 is 1.90. The molecule has 2 aromatic rings. The number of benzene rings is 2. The first kappa shape index (κ1) is 13.2. The van der Waals surface area contributed by atoms with Crippen molar-refractivity contribution in [3.8, 4) is 11.5 Å². The van der Waals surface area contributed by atoms with Gasteiger partial charge in [0.1, 0.15) is 11.5 Å². The minimum atomic E-state index is 0.444. The first-order valence-electron chi connectivity index (χ1n) is 6.56. The van der Waals surface area contributed by atoms with Gasteiger partial charge in [-0.3, -0.25) is 0 Å². The van der Waals surface area contributed by atoms with Crippen molar-refractivity contribution in [2.45, 2.75) is 10.8 Å². The molecular weight excluding hydrogens is 270 g/mol. The number of ether oxygens (including phenoxy) is 2. The van der Waals surface area contributed by atoms with Crippen LogP contribution in [0.25, 0.3) is 0 Å². The minimum Gasteiger partial charge on any atom is -0.495 e. The van der Waals surface area contributed by atoms with Crippen LogP contribution in [-0.4, -0.2) is 19.5 Å². The maximum atomic E-state index is 5.88. The second kappa shape index (κ2) is 5.67. The highest BCUT2D eigenvalue weighted by Gasteiger charge is 2.23. The first-order chi connectivity index (χ1) is 9.78. The second-order valence-electron chi connectivity index (χ2n) is 4.76. The molecule has 0 amide bonds. The molecule has 0 saturated heterocycles. The summed E-state index contributed by atoms with van der Waals surface area (Å²) in [7, 11) is 1.61. The molecule has 0 radical (unpaired) electrons. The summed E-state index contributed by atoms with van der Waals surface area (Å²) in [6.07, 6.45) is 0. The van der Waals surface area contributed by atoms with Crippen LogP contribution in [-0.2, 0) is 0 Å². The average molecular weight is 287 g/mol. The number of nitrogen functional groups attached to an aromatic ring is 1. The molecule has 104 valence electrons. The van der Waals surface area contributed by atoms with Gasteiger partial charge in [0.2, 0.25) is 0 Å². The smallest absolute Gasteiger partial charge is 0.142 e. The topological polar surface area (TPSA) is 44.5 Å². The lowest BCUT2D eigenvalue weighted by atomic mass is 10.0. The molecule has 0 spiro atoms. The second-order valence-corrected chi connectivity index (χ2v) is 5.82. The quantitative estimate of drug-likeness (QED) is 0.874. The Labute approximate surface area is 123 Å². The summed E-state index contributed by atoms with van der Waals surface area (Å²) in [6.45, 7) is 0.676. The lowest BCUT2D eigenvalue weighted by molar-refractivity contribution is 0.297. The highest BCUT2D eigenvalue weighted by Crippen LogP contribution is 2.39. The zero-order valence-electron chi connectivity index (χ0n) is 11.3. The third kappa shape index (κ3) is 2.56. The van der Waals surface area contributed by atoms with Crippen LogP contribution in [0.3, 0.4) is 0 Å². The highest BCUT2D eigenvalue weighted by molar-refractivity contribution is 7.99. The van der Waals surface area contributed by atoms with Gasteiger partial charge >= 0.3 is 0 Å². The fraction of sp³-hybridized carbons (Fsp3) is 0.250. The van der Waals surface area contributed by atoms with Gasteiger partial charge < -0.3 is 15.2 Å². The van der Waals surface area contributed by atoms with E-state index in [9.17, 15) is 0 Å². The van der Waals surface area contributed by atoms with Crippen LogP contribution in [0.15, 0.2) is 47.4 Å². The number of hydrogen-bond donors (Lipinski definition) is 1. The molecule has 0 aromatic heterocycles. The molecular formula is C16H17NO2S. The van der Waals surface area contributed by atoms with Gasteiger partial charge in [0.05, 0.1) is 19.4 Å². The third-order valence-corrected chi connectivity index (χ3v) is 4.70. The Morgan fingerprint density at radius 1 is 1.25 bits per heavy atom. The van der Waals surface area contributed by atoms with Gasteiger partial charge in [0, 0.05) is 22.6 Å². The molecule has 1 heterocycles. The average Bonchev–Trinajstić information content (AvgIpc) is 2.88. The van der Waals surface area contributed by atoms with E-state index in [0.29, 0.717) is 24.0 Å². The van der Waals surface area contributed by atoms with Crippen LogP contribution in [0.5, 0.6) is 11.5 Å². The van der Waals surface area contributed by atoms with Gasteiger partial charge in [-0.25, -0.2) is 0 Å². The van der Waals surface area contributed by atoms with Crippen LogP contribution in [0.2, 0.25) is 0 Å². The lowest BCUT2D eigenvalue weighted by Crippen LogP contribution is -2.09. The van der Waals surface area contributed by atoms with E-state index in [0.717, 1.165) is 11.5 Å². The largest absolute Gasteiger partial charge is 0.495 e. The van der Waals surface area contributed by atoms with Crippen LogP contribution >= 0.6 is 11.8 Å². The van der Waals surface area contributed by atoms with E-state index in [1.54, 1.807) is 7.11 Å². The molecule has 2 N–H and O–H groups in total. The molecule has 1 unspecified atom stereocenters. The lowest BCUT2D eigenvalue weighted by Gasteiger charge is -2.13. The van der Waals surface area contributed by atoms with Gasteiger partial charge in [0.15, 0.2) is 0 Å². The molecule has 0 fully saturated rings. The Kier molecular flexibility index (Phi) is 3.74. The first-order valence-corrected chi connectivity index (χ1v) is 7.54. The summed E-state index contributed by atoms with van der Waals surface area (Å²) in [5, 5.41) is 0. The predicted octanol–water partition coefficient (Wildman–Crippen LogP) is 3.55. The summed E-state index contributed by atoms with van der Waals surface area (Å²) in [4.78, 5) is 1.37. The van der Waals surface area contributed by atoms with E-state index in [2.05, 4.69) is 24.3 Å². The highest BCUT2D eigenvalue weighted by atomic mass is 32.2. The number of rotatable bonds is 4. The van der Waals surface area contributed by atoms with Gasteiger partial charge in [-0.05, 0) is 23.8 Å². The molecule has 1 aliphatic rings. The summed E-state index contributed by atoms with van der Waals surface area (Å²) in [6, 6.07) is 14.1. The van der Waals surface area contributed by atoms with Crippen LogP contribution in [0, 0.1) is 0 Å². The summed E-state index contributed by atoms with van der Waals surface area (Å²) < 4.78 is 11.0. The van der Waals surface area contributed by atoms with Crippen molar-refractivity contribution in [2.75, 3.05) is 25.2 Å².